The predicted octanol–water partition coefficient (Wildman–Crippen LogP) is 1.34. The van der Waals surface area contributed by atoms with Crippen LogP contribution in [0.25, 0.3) is 0 Å². The van der Waals surface area contributed by atoms with Crippen molar-refractivity contribution in [3.63, 3.8) is 0 Å². The second-order valence-electron chi connectivity index (χ2n) is 4.66. The Hall–Kier alpha value is -0.910. The molecule has 2 N–H and O–H groups in total. The molecule has 0 aromatic carbocycles. The summed E-state index contributed by atoms with van der Waals surface area (Å²) in [6.07, 6.45) is 3.55. The highest BCUT2D eigenvalue weighted by Gasteiger charge is 2.39. The fraction of sp³-hybridized carbons (Fsp3) is 0.818. The number of hydrogen-bond acceptors (Lipinski definition) is 3. The third-order valence-electron chi connectivity index (χ3n) is 3.27. The molecule has 1 aliphatic heterocycles. The number of carbonyl (C=O) groups is 2. The van der Waals surface area contributed by atoms with Crippen LogP contribution in [0.4, 0.5) is 4.79 Å². The Morgan fingerprint density at radius 1 is 1.47 bits per heavy atom. The van der Waals surface area contributed by atoms with E-state index in [2.05, 4.69) is 5.32 Å². The van der Waals surface area contributed by atoms with E-state index in [1.807, 2.05) is 6.92 Å². The number of nitrogens with zero attached hydrogens (tertiary/aromatic N) is 1. The number of carboxylic acids is 1. The van der Waals surface area contributed by atoms with Gasteiger partial charge in [0.25, 0.3) is 0 Å². The molecule has 2 unspecified atom stereocenters. The minimum absolute atomic E-state index is 0.0583. The highest BCUT2D eigenvalue weighted by molar-refractivity contribution is 8.00. The van der Waals surface area contributed by atoms with Gasteiger partial charge in [0.05, 0.1) is 5.37 Å². The molecule has 2 aliphatic rings. The van der Waals surface area contributed by atoms with Crippen LogP contribution in [0.5, 0.6) is 0 Å². The normalized spacial score (nSPS) is 28.2. The first-order valence-corrected chi connectivity index (χ1v) is 7.05. The Bertz CT molecular complexity index is 320. The fourth-order valence-electron chi connectivity index (χ4n) is 2.02. The zero-order valence-corrected chi connectivity index (χ0v) is 10.7. The van der Waals surface area contributed by atoms with Gasteiger partial charge >= 0.3 is 12.0 Å². The monoisotopic (exact) mass is 258 g/mol. The van der Waals surface area contributed by atoms with Gasteiger partial charge in [-0.25, -0.2) is 9.59 Å². The molecule has 2 amide bonds. The summed E-state index contributed by atoms with van der Waals surface area (Å²) >= 11 is 1.51. The zero-order chi connectivity index (χ0) is 12.4. The minimum Gasteiger partial charge on any atom is -0.480 e. The van der Waals surface area contributed by atoms with Crippen molar-refractivity contribution in [1.29, 1.82) is 0 Å². The van der Waals surface area contributed by atoms with Crippen molar-refractivity contribution in [2.45, 2.75) is 37.6 Å². The van der Waals surface area contributed by atoms with E-state index in [4.69, 9.17) is 5.11 Å². The van der Waals surface area contributed by atoms with Gasteiger partial charge < -0.3 is 10.4 Å². The van der Waals surface area contributed by atoms with Gasteiger partial charge in [0, 0.05) is 12.3 Å². The number of aliphatic carboxylic acids is 1. The van der Waals surface area contributed by atoms with Crippen molar-refractivity contribution < 1.29 is 14.7 Å². The lowest BCUT2D eigenvalue weighted by Crippen LogP contribution is -2.49. The van der Waals surface area contributed by atoms with Gasteiger partial charge in [-0.3, -0.25) is 4.90 Å². The molecule has 1 saturated heterocycles. The molecule has 0 bridgehead atoms. The molecule has 1 heterocycles. The van der Waals surface area contributed by atoms with Crippen LogP contribution in [0.1, 0.15) is 26.2 Å². The van der Waals surface area contributed by atoms with Crippen LogP contribution in [0.2, 0.25) is 0 Å². The van der Waals surface area contributed by atoms with Crippen molar-refractivity contribution in [3.05, 3.63) is 0 Å². The predicted molar refractivity (Wildman–Crippen MR) is 65.9 cm³/mol. The minimum atomic E-state index is -0.917. The van der Waals surface area contributed by atoms with Crippen molar-refractivity contribution in [2.75, 3.05) is 12.3 Å². The van der Waals surface area contributed by atoms with Gasteiger partial charge in [-0.15, -0.1) is 11.8 Å². The van der Waals surface area contributed by atoms with E-state index in [0.717, 1.165) is 12.3 Å². The number of rotatable bonds is 4. The molecule has 0 radical (unpaired) electrons. The molecular formula is C11H18N2O3S. The Morgan fingerprint density at radius 2 is 2.18 bits per heavy atom. The van der Waals surface area contributed by atoms with Crippen LogP contribution in [0.15, 0.2) is 0 Å². The van der Waals surface area contributed by atoms with Crippen LogP contribution < -0.4 is 5.32 Å². The Morgan fingerprint density at radius 3 is 2.76 bits per heavy atom. The molecule has 6 heteroatoms. The molecule has 0 spiro atoms. The van der Waals surface area contributed by atoms with Gasteiger partial charge in [0.2, 0.25) is 0 Å². The van der Waals surface area contributed by atoms with E-state index in [1.54, 1.807) is 0 Å². The van der Waals surface area contributed by atoms with Crippen molar-refractivity contribution >= 4 is 23.8 Å². The Balaban J connectivity index is 1.84. The van der Waals surface area contributed by atoms with E-state index in [9.17, 15) is 9.59 Å². The molecule has 96 valence electrons. The van der Waals surface area contributed by atoms with Gasteiger partial charge in [-0.05, 0) is 19.3 Å². The van der Waals surface area contributed by atoms with Crippen LogP contribution in [-0.4, -0.2) is 45.7 Å². The summed E-state index contributed by atoms with van der Waals surface area (Å²) < 4.78 is 0. The average molecular weight is 258 g/mol. The van der Waals surface area contributed by atoms with Crippen LogP contribution >= 0.6 is 11.8 Å². The van der Waals surface area contributed by atoms with E-state index in [-0.39, 0.29) is 11.4 Å². The summed E-state index contributed by atoms with van der Waals surface area (Å²) in [4.78, 5) is 24.4. The highest BCUT2D eigenvalue weighted by Crippen LogP contribution is 2.32. The lowest BCUT2D eigenvalue weighted by atomic mass is 10.3. The van der Waals surface area contributed by atoms with Crippen LogP contribution in [-0.2, 0) is 4.79 Å². The van der Waals surface area contributed by atoms with Crippen molar-refractivity contribution in [1.82, 2.24) is 10.2 Å². The summed E-state index contributed by atoms with van der Waals surface area (Å²) in [6, 6.07) is -0.925. The molecule has 2 atom stereocenters. The van der Waals surface area contributed by atoms with Gasteiger partial charge in [-0.1, -0.05) is 12.8 Å². The fourth-order valence-corrected chi connectivity index (χ4v) is 3.19. The van der Waals surface area contributed by atoms with Gasteiger partial charge in [0.1, 0.15) is 6.04 Å². The van der Waals surface area contributed by atoms with E-state index in [1.165, 1.54) is 29.5 Å². The second kappa shape index (κ2) is 5.16. The lowest BCUT2D eigenvalue weighted by Gasteiger charge is -2.25. The summed E-state index contributed by atoms with van der Waals surface area (Å²) in [5.74, 6) is 0.335. The number of nitrogens with one attached hydrogen (secondary N) is 1. The second-order valence-corrected chi connectivity index (χ2v) is 6.01. The maximum absolute atomic E-state index is 11.9. The first kappa shape index (κ1) is 12.5. The number of hydrogen-bond donors (Lipinski definition) is 2. The van der Waals surface area contributed by atoms with E-state index < -0.39 is 12.0 Å². The lowest BCUT2D eigenvalue weighted by molar-refractivity contribution is -0.141. The molecule has 0 aromatic rings. The first-order valence-electron chi connectivity index (χ1n) is 6.00. The van der Waals surface area contributed by atoms with Gasteiger partial charge in [0.15, 0.2) is 0 Å². The van der Waals surface area contributed by atoms with E-state index >= 15 is 0 Å². The summed E-state index contributed by atoms with van der Waals surface area (Å²) in [7, 11) is 0. The topological polar surface area (TPSA) is 69.6 Å². The summed E-state index contributed by atoms with van der Waals surface area (Å²) in [5.41, 5.74) is 0. The summed E-state index contributed by atoms with van der Waals surface area (Å²) in [6.45, 7) is 2.53. The zero-order valence-electron chi connectivity index (χ0n) is 9.89. The van der Waals surface area contributed by atoms with E-state index in [0.29, 0.717) is 12.3 Å². The van der Waals surface area contributed by atoms with Crippen LogP contribution in [0.3, 0.4) is 0 Å². The standard InChI is InChI=1S/C11H18N2O3S/c1-7-13(9(6-17-7)10(14)15)11(16)12-5-4-8-2-3-8/h7-9H,2-6H2,1H3,(H,12,16)(H,14,15). The largest absolute Gasteiger partial charge is 0.480 e. The van der Waals surface area contributed by atoms with Crippen molar-refractivity contribution in [3.8, 4) is 0 Å². The number of thioether (sulfide) groups is 1. The Kier molecular flexibility index (Phi) is 3.81. The third kappa shape index (κ3) is 3.06. The number of amides is 2. The molecular weight excluding hydrogens is 240 g/mol. The van der Waals surface area contributed by atoms with Crippen LogP contribution in [0, 0.1) is 5.92 Å². The maximum Gasteiger partial charge on any atom is 0.327 e. The molecule has 17 heavy (non-hydrogen) atoms. The molecule has 0 aromatic heterocycles. The average Bonchev–Trinajstić information content (AvgIpc) is 2.99. The molecule has 2 rings (SSSR count). The number of carboxylic acid groups (broad SMARTS) is 1. The maximum atomic E-state index is 11.9. The summed E-state index contributed by atoms with van der Waals surface area (Å²) in [5, 5.41) is 11.8. The third-order valence-corrected chi connectivity index (χ3v) is 4.49. The number of urea groups is 1. The molecule has 5 nitrogen and oxygen atoms in total. The first-order chi connectivity index (χ1) is 8.09. The quantitative estimate of drug-likeness (QED) is 0.798. The highest BCUT2D eigenvalue weighted by atomic mass is 32.2. The molecule has 1 saturated carbocycles. The SMILES string of the molecule is CC1SCC(C(=O)O)N1C(=O)NCCC1CC1. The molecule has 2 fully saturated rings. The Labute approximate surface area is 105 Å². The molecule has 1 aliphatic carbocycles. The smallest absolute Gasteiger partial charge is 0.327 e. The van der Waals surface area contributed by atoms with Crippen molar-refractivity contribution in [2.24, 2.45) is 5.92 Å². The van der Waals surface area contributed by atoms with Gasteiger partial charge in [-0.2, -0.15) is 0 Å². The number of carbonyl (C=O) groups excluding carboxylic acids is 1.